The molecule has 1 aromatic carbocycles. The molecule has 1 saturated heterocycles. The van der Waals surface area contributed by atoms with Crippen molar-refractivity contribution in [2.45, 2.75) is 50.9 Å². The van der Waals surface area contributed by atoms with E-state index < -0.39 is 12.2 Å². The first kappa shape index (κ1) is 16.3. The van der Waals surface area contributed by atoms with Crippen LogP contribution in [0.3, 0.4) is 0 Å². The molecule has 1 amide bonds. The number of hydrogen-bond acceptors (Lipinski definition) is 3. The Kier molecular flexibility index (Phi) is 5.62. The van der Waals surface area contributed by atoms with Gasteiger partial charge in [-0.25, -0.2) is 0 Å². The van der Waals surface area contributed by atoms with Crippen molar-refractivity contribution in [1.29, 1.82) is 0 Å². The van der Waals surface area contributed by atoms with Gasteiger partial charge in [-0.3, -0.25) is 4.79 Å². The molecule has 3 unspecified atom stereocenters. The average Bonchev–Trinajstić information content (AvgIpc) is 2.86. The predicted molar refractivity (Wildman–Crippen MR) is 82.1 cm³/mol. The van der Waals surface area contributed by atoms with Crippen LogP contribution < -0.4 is 0 Å². The highest BCUT2D eigenvalue weighted by Gasteiger charge is 2.30. The maximum absolute atomic E-state index is 12.3. The van der Waals surface area contributed by atoms with E-state index >= 15 is 0 Å². The first-order chi connectivity index (χ1) is 9.97. The van der Waals surface area contributed by atoms with E-state index in [0.717, 1.165) is 12.8 Å². The minimum atomic E-state index is -0.817. The molecule has 1 aromatic rings. The van der Waals surface area contributed by atoms with E-state index in [0.29, 0.717) is 23.6 Å². The summed E-state index contributed by atoms with van der Waals surface area (Å²) in [6.07, 6.45) is 1.32. The molecule has 1 fully saturated rings. The van der Waals surface area contributed by atoms with Gasteiger partial charge in [-0.15, -0.1) is 0 Å². The molecule has 0 aromatic heterocycles. The Balaban J connectivity index is 1.95. The third-order valence-electron chi connectivity index (χ3n) is 3.93. The van der Waals surface area contributed by atoms with Crippen LogP contribution in [0, 0.1) is 0 Å². The Morgan fingerprint density at radius 2 is 2.05 bits per heavy atom. The Morgan fingerprint density at radius 1 is 1.38 bits per heavy atom. The zero-order valence-electron chi connectivity index (χ0n) is 12.2. The molecule has 116 valence electrons. The smallest absolute Gasteiger partial charge is 0.225 e. The van der Waals surface area contributed by atoms with Gasteiger partial charge in [0.05, 0.1) is 18.6 Å². The number of hydrogen-bond donors (Lipinski definition) is 2. The van der Waals surface area contributed by atoms with Gasteiger partial charge in [-0.1, -0.05) is 23.7 Å². The third-order valence-corrected chi connectivity index (χ3v) is 4.19. The SMILES string of the molecule is CC(O)CC1CCCN1C(=O)CC(O)c1ccc(Cl)cc1. The number of likely N-dealkylation sites (tertiary alicyclic amines) is 1. The normalized spacial score (nSPS) is 21.3. The molecule has 2 rings (SSSR count). The van der Waals surface area contributed by atoms with E-state index in [1.165, 1.54) is 0 Å². The lowest BCUT2D eigenvalue weighted by atomic mass is 10.0. The number of amides is 1. The van der Waals surface area contributed by atoms with Crippen molar-refractivity contribution in [2.75, 3.05) is 6.54 Å². The Morgan fingerprint density at radius 3 is 2.67 bits per heavy atom. The number of halogens is 1. The van der Waals surface area contributed by atoms with Crippen molar-refractivity contribution in [3.63, 3.8) is 0 Å². The molecule has 5 heteroatoms. The van der Waals surface area contributed by atoms with Crippen molar-refractivity contribution in [3.05, 3.63) is 34.9 Å². The van der Waals surface area contributed by atoms with Crippen molar-refractivity contribution >= 4 is 17.5 Å². The van der Waals surface area contributed by atoms with Gasteiger partial charge >= 0.3 is 0 Å². The number of benzene rings is 1. The van der Waals surface area contributed by atoms with E-state index in [2.05, 4.69) is 0 Å². The molecular weight excluding hydrogens is 290 g/mol. The molecule has 1 aliphatic rings. The molecular formula is C16H22ClNO3. The van der Waals surface area contributed by atoms with E-state index in [4.69, 9.17) is 11.6 Å². The van der Waals surface area contributed by atoms with Crippen LogP contribution in [0.1, 0.15) is 44.3 Å². The van der Waals surface area contributed by atoms with Crippen LogP contribution in [0.5, 0.6) is 0 Å². The molecule has 21 heavy (non-hydrogen) atoms. The molecule has 0 spiro atoms. The second-order valence-corrected chi connectivity index (χ2v) is 6.18. The maximum atomic E-state index is 12.3. The van der Waals surface area contributed by atoms with Crippen LogP contribution in [0.25, 0.3) is 0 Å². The number of aliphatic hydroxyl groups is 2. The van der Waals surface area contributed by atoms with Crippen LogP contribution in [-0.2, 0) is 4.79 Å². The van der Waals surface area contributed by atoms with Crippen LogP contribution >= 0.6 is 11.6 Å². The summed E-state index contributed by atoms with van der Waals surface area (Å²) in [6, 6.07) is 6.97. The topological polar surface area (TPSA) is 60.8 Å². The molecule has 0 radical (unpaired) electrons. The largest absolute Gasteiger partial charge is 0.393 e. The molecule has 4 nitrogen and oxygen atoms in total. The van der Waals surface area contributed by atoms with Crippen molar-refractivity contribution in [2.24, 2.45) is 0 Å². The van der Waals surface area contributed by atoms with Gasteiger partial charge in [-0.2, -0.15) is 0 Å². The molecule has 1 aliphatic heterocycles. The minimum Gasteiger partial charge on any atom is -0.393 e. The van der Waals surface area contributed by atoms with Crippen molar-refractivity contribution in [3.8, 4) is 0 Å². The van der Waals surface area contributed by atoms with Crippen LogP contribution in [0.4, 0.5) is 0 Å². The molecule has 3 atom stereocenters. The van der Waals surface area contributed by atoms with E-state index in [9.17, 15) is 15.0 Å². The zero-order chi connectivity index (χ0) is 15.4. The quantitative estimate of drug-likeness (QED) is 0.878. The van der Waals surface area contributed by atoms with E-state index in [1.54, 1.807) is 36.1 Å². The summed E-state index contributed by atoms with van der Waals surface area (Å²) in [6.45, 7) is 2.45. The van der Waals surface area contributed by atoms with Gasteiger partial charge in [0.2, 0.25) is 5.91 Å². The predicted octanol–water partition coefficient (Wildman–Crippen LogP) is 2.53. The van der Waals surface area contributed by atoms with E-state index in [1.807, 2.05) is 0 Å². The first-order valence-electron chi connectivity index (χ1n) is 7.38. The molecule has 1 heterocycles. The highest BCUT2D eigenvalue weighted by atomic mass is 35.5. The summed E-state index contributed by atoms with van der Waals surface area (Å²) in [5.41, 5.74) is 0.694. The van der Waals surface area contributed by atoms with Gasteiger partial charge in [0.15, 0.2) is 0 Å². The summed E-state index contributed by atoms with van der Waals surface area (Å²) >= 11 is 5.81. The Hall–Kier alpha value is -1.10. The maximum Gasteiger partial charge on any atom is 0.225 e. The summed E-state index contributed by atoms with van der Waals surface area (Å²) in [7, 11) is 0. The molecule has 2 N–H and O–H groups in total. The number of aliphatic hydroxyl groups excluding tert-OH is 2. The lowest BCUT2D eigenvalue weighted by Gasteiger charge is -2.26. The second-order valence-electron chi connectivity index (χ2n) is 5.74. The van der Waals surface area contributed by atoms with E-state index in [-0.39, 0.29) is 18.4 Å². The monoisotopic (exact) mass is 311 g/mol. The van der Waals surface area contributed by atoms with Crippen molar-refractivity contribution < 1.29 is 15.0 Å². The molecule has 0 bridgehead atoms. The molecule has 0 saturated carbocycles. The molecule has 0 aliphatic carbocycles. The van der Waals surface area contributed by atoms with Crippen molar-refractivity contribution in [1.82, 2.24) is 4.90 Å². The fourth-order valence-electron chi connectivity index (χ4n) is 2.89. The van der Waals surface area contributed by atoms with Crippen LogP contribution in [0.2, 0.25) is 5.02 Å². The zero-order valence-corrected chi connectivity index (χ0v) is 13.0. The van der Waals surface area contributed by atoms with Gasteiger partial charge in [0.25, 0.3) is 0 Å². The van der Waals surface area contributed by atoms with Crippen LogP contribution in [-0.4, -0.2) is 39.7 Å². The third kappa shape index (κ3) is 4.43. The fraction of sp³-hybridized carbons (Fsp3) is 0.562. The Labute approximate surface area is 130 Å². The second kappa shape index (κ2) is 7.25. The minimum absolute atomic E-state index is 0.0550. The lowest BCUT2D eigenvalue weighted by molar-refractivity contribution is -0.134. The number of nitrogens with zero attached hydrogens (tertiary/aromatic N) is 1. The van der Waals surface area contributed by atoms with Crippen LogP contribution in [0.15, 0.2) is 24.3 Å². The van der Waals surface area contributed by atoms with Gasteiger partial charge in [-0.05, 0) is 43.9 Å². The Bertz CT molecular complexity index is 475. The van der Waals surface area contributed by atoms with Gasteiger partial charge in [0, 0.05) is 17.6 Å². The number of carbonyl (C=O) groups excluding carboxylic acids is 1. The average molecular weight is 312 g/mol. The fourth-order valence-corrected chi connectivity index (χ4v) is 3.01. The highest BCUT2D eigenvalue weighted by Crippen LogP contribution is 2.25. The first-order valence-corrected chi connectivity index (χ1v) is 7.76. The van der Waals surface area contributed by atoms with Gasteiger partial charge < -0.3 is 15.1 Å². The summed E-state index contributed by atoms with van der Waals surface area (Å²) in [5.74, 6) is -0.0550. The number of carbonyl (C=O) groups is 1. The highest BCUT2D eigenvalue weighted by molar-refractivity contribution is 6.30. The lowest BCUT2D eigenvalue weighted by Crippen LogP contribution is -2.37. The summed E-state index contributed by atoms with van der Waals surface area (Å²) in [5, 5.41) is 20.3. The summed E-state index contributed by atoms with van der Waals surface area (Å²) < 4.78 is 0. The summed E-state index contributed by atoms with van der Waals surface area (Å²) in [4.78, 5) is 14.1. The van der Waals surface area contributed by atoms with Gasteiger partial charge in [0.1, 0.15) is 0 Å². The number of rotatable bonds is 5. The standard InChI is InChI=1S/C16H22ClNO3/c1-11(19)9-14-3-2-8-18(14)16(21)10-15(20)12-4-6-13(17)7-5-12/h4-7,11,14-15,19-20H,2-3,8-10H2,1H3.